The number of nitrogens with zero attached hydrogens (tertiary/aromatic N) is 1. The highest BCUT2D eigenvalue weighted by Gasteiger charge is 2.39. The van der Waals surface area contributed by atoms with E-state index in [1.807, 2.05) is 6.92 Å². The Balaban J connectivity index is 1.68. The van der Waals surface area contributed by atoms with Crippen LogP contribution >= 0.6 is 0 Å². The highest BCUT2D eigenvalue weighted by Crippen LogP contribution is 2.30. The van der Waals surface area contributed by atoms with Crippen molar-refractivity contribution >= 4 is 5.91 Å². The van der Waals surface area contributed by atoms with Crippen LogP contribution in [0.3, 0.4) is 0 Å². The predicted molar refractivity (Wildman–Crippen MR) is 69.8 cm³/mol. The summed E-state index contributed by atoms with van der Waals surface area (Å²) >= 11 is 0. The largest absolute Gasteiger partial charge is 0.383 e. The molecule has 6 heteroatoms. The maximum absolute atomic E-state index is 11.8. The van der Waals surface area contributed by atoms with Crippen molar-refractivity contribution < 1.29 is 19.0 Å². The summed E-state index contributed by atoms with van der Waals surface area (Å²) in [6, 6.07) is 0.0510. The second-order valence-corrected chi connectivity index (χ2v) is 5.31. The second kappa shape index (κ2) is 6.65. The van der Waals surface area contributed by atoms with Crippen molar-refractivity contribution in [2.75, 3.05) is 46.6 Å². The molecule has 110 valence electrons. The lowest BCUT2D eigenvalue weighted by atomic mass is 10.0. The number of nitrogens with one attached hydrogen (secondary N) is 1. The summed E-state index contributed by atoms with van der Waals surface area (Å²) in [6.07, 6.45) is 1.68. The van der Waals surface area contributed by atoms with Gasteiger partial charge in [-0.1, -0.05) is 0 Å². The SMILES string of the molecule is COC[C@@H](C)NC(=O)CN1CCC2(CC1)OCCO2. The van der Waals surface area contributed by atoms with Gasteiger partial charge in [-0.25, -0.2) is 0 Å². The molecule has 2 aliphatic heterocycles. The molecule has 1 N–H and O–H groups in total. The first kappa shape index (κ1) is 14.7. The van der Waals surface area contributed by atoms with Crippen LogP contribution in [0.4, 0.5) is 0 Å². The minimum absolute atomic E-state index is 0.0498. The van der Waals surface area contributed by atoms with E-state index in [1.54, 1.807) is 7.11 Å². The molecule has 0 saturated carbocycles. The van der Waals surface area contributed by atoms with Crippen LogP contribution in [0.25, 0.3) is 0 Å². The van der Waals surface area contributed by atoms with Gasteiger partial charge in [0.2, 0.25) is 5.91 Å². The Morgan fingerprint density at radius 2 is 2.00 bits per heavy atom. The van der Waals surface area contributed by atoms with Gasteiger partial charge in [0.15, 0.2) is 5.79 Å². The molecule has 2 aliphatic rings. The molecule has 0 bridgehead atoms. The number of hydrogen-bond donors (Lipinski definition) is 1. The number of hydrogen-bond acceptors (Lipinski definition) is 5. The molecule has 0 unspecified atom stereocenters. The summed E-state index contributed by atoms with van der Waals surface area (Å²) in [5.74, 6) is -0.315. The number of ether oxygens (including phenoxy) is 3. The first-order chi connectivity index (χ1) is 9.13. The highest BCUT2D eigenvalue weighted by molar-refractivity contribution is 5.78. The molecule has 0 aromatic rings. The molecule has 1 atom stereocenters. The van der Waals surface area contributed by atoms with Gasteiger partial charge in [-0.15, -0.1) is 0 Å². The summed E-state index contributed by atoms with van der Waals surface area (Å²) in [5, 5.41) is 2.92. The Morgan fingerprint density at radius 3 is 2.58 bits per heavy atom. The van der Waals surface area contributed by atoms with Gasteiger partial charge < -0.3 is 19.5 Å². The van der Waals surface area contributed by atoms with Crippen LogP contribution in [0.15, 0.2) is 0 Å². The fraction of sp³-hybridized carbons (Fsp3) is 0.923. The van der Waals surface area contributed by atoms with E-state index in [2.05, 4.69) is 10.2 Å². The average Bonchev–Trinajstić information content (AvgIpc) is 2.81. The third-order valence-corrected chi connectivity index (χ3v) is 3.62. The van der Waals surface area contributed by atoms with Gasteiger partial charge in [-0.3, -0.25) is 9.69 Å². The van der Waals surface area contributed by atoms with E-state index in [0.29, 0.717) is 26.4 Å². The number of piperidine rings is 1. The van der Waals surface area contributed by atoms with Crippen LogP contribution in [0.5, 0.6) is 0 Å². The molecule has 6 nitrogen and oxygen atoms in total. The first-order valence-corrected chi connectivity index (χ1v) is 6.92. The number of likely N-dealkylation sites (tertiary alicyclic amines) is 1. The normalized spacial score (nSPS) is 24.5. The number of carbonyl (C=O) groups is 1. The third kappa shape index (κ3) is 4.14. The van der Waals surface area contributed by atoms with Gasteiger partial charge in [0.05, 0.1) is 26.4 Å². The summed E-state index contributed by atoms with van der Waals surface area (Å²) in [5.41, 5.74) is 0. The summed E-state index contributed by atoms with van der Waals surface area (Å²) < 4.78 is 16.3. The molecule has 2 heterocycles. The van der Waals surface area contributed by atoms with Gasteiger partial charge in [0, 0.05) is 39.1 Å². The van der Waals surface area contributed by atoms with Crippen molar-refractivity contribution in [3.05, 3.63) is 0 Å². The lowest BCUT2D eigenvalue weighted by Crippen LogP contribution is -2.49. The topological polar surface area (TPSA) is 60.0 Å². The van der Waals surface area contributed by atoms with E-state index in [9.17, 15) is 4.79 Å². The summed E-state index contributed by atoms with van der Waals surface area (Å²) in [6.45, 7) is 5.97. The van der Waals surface area contributed by atoms with Crippen LogP contribution in [0, 0.1) is 0 Å². The van der Waals surface area contributed by atoms with E-state index in [1.165, 1.54) is 0 Å². The average molecular weight is 272 g/mol. The zero-order chi connectivity index (χ0) is 13.7. The minimum atomic E-state index is -0.365. The fourth-order valence-electron chi connectivity index (χ4n) is 2.65. The monoisotopic (exact) mass is 272 g/mol. The molecule has 0 aromatic heterocycles. The molecular weight excluding hydrogens is 248 g/mol. The Bertz CT molecular complexity index is 295. The van der Waals surface area contributed by atoms with Crippen molar-refractivity contribution in [3.63, 3.8) is 0 Å². The van der Waals surface area contributed by atoms with Crippen LogP contribution in [-0.4, -0.2) is 69.2 Å². The van der Waals surface area contributed by atoms with Gasteiger partial charge in [-0.2, -0.15) is 0 Å². The zero-order valence-electron chi connectivity index (χ0n) is 11.8. The molecule has 19 heavy (non-hydrogen) atoms. The molecular formula is C13H24N2O4. The van der Waals surface area contributed by atoms with Crippen molar-refractivity contribution in [2.24, 2.45) is 0 Å². The van der Waals surface area contributed by atoms with Crippen molar-refractivity contribution in [1.82, 2.24) is 10.2 Å². The minimum Gasteiger partial charge on any atom is -0.383 e. The van der Waals surface area contributed by atoms with Gasteiger partial charge in [-0.05, 0) is 6.92 Å². The molecule has 1 amide bonds. The smallest absolute Gasteiger partial charge is 0.234 e. The number of methoxy groups -OCH3 is 1. The van der Waals surface area contributed by atoms with Crippen molar-refractivity contribution in [3.8, 4) is 0 Å². The molecule has 2 saturated heterocycles. The Labute approximate surface area is 114 Å². The lowest BCUT2D eigenvalue weighted by molar-refractivity contribution is -0.185. The molecule has 1 spiro atoms. The standard InChI is InChI=1S/C13H24N2O4/c1-11(10-17-2)14-12(16)9-15-5-3-13(4-6-15)18-7-8-19-13/h11H,3-10H2,1-2H3,(H,14,16)/t11-/m1/s1. The summed E-state index contributed by atoms with van der Waals surface area (Å²) in [7, 11) is 1.63. The van der Waals surface area contributed by atoms with Crippen LogP contribution < -0.4 is 5.32 Å². The second-order valence-electron chi connectivity index (χ2n) is 5.31. The van der Waals surface area contributed by atoms with E-state index < -0.39 is 0 Å². The van der Waals surface area contributed by atoms with E-state index in [0.717, 1.165) is 25.9 Å². The third-order valence-electron chi connectivity index (χ3n) is 3.62. The maximum atomic E-state index is 11.8. The fourth-order valence-corrected chi connectivity index (χ4v) is 2.65. The zero-order valence-corrected chi connectivity index (χ0v) is 11.8. The van der Waals surface area contributed by atoms with Gasteiger partial charge in [0.1, 0.15) is 0 Å². The molecule has 0 aliphatic carbocycles. The van der Waals surface area contributed by atoms with E-state index >= 15 is 0 Å². The highest BCUT2D eigenvalue weighted by atomic mass is 16.7. The number of rotatable bonds is 5. The van der Waals surface area contributed by atoms with Gasteiger partial charge >= 0.3 is 0 Å². The van der Waals surface area contributed by atoms with E-state index in [-0.39, 0.29) is 17.7 Å². The summed E-state index contributed by atoms with van der Waals surface area (Å²) in [4.78, 5) is 14.0. The molecule has 2 rings (SSSR count). The number of amides is 1. The molecule has 2 fully saturated rings. The maximum Gasteiger partial charge on any atom is 0.234 e. The Morgan fingerprint density at radius 1 is 1.37 bits per heavy atom. The van der Waals surface area contributed by atoms with E-state index in [4.69, 9.17) is 14.2 Å². The van der Waals surface area contributed by atoms with Crippen LogP contribution in [-0.2, 0) is 19.0 Å². The van der Waals surface area contributed by atoms with Crippen molar-refractivity contribution in [2.45, 2.75) is 31.6 Å². The predicted octanol–water partition coefficient (Wildman–Crippen LogP) is -0.0236. The van der Waals surface area contributed by atoms with Crippen molar-refractivity contribution in [1.29, 1.82) is 0 Å². The van der Waals surface area contributed by atoms with Gasteiger partial charge in [0.25, 0.3) is 0 Å². The number of carbonyl (C=O) groups excluding carboxylic acids is 1. The molecule has 0 aromatic carbocycles. The lowest BCUT2D eigenvalue weighted by Gasteiger charge is -2.37. The quantitative estimate of drug-likeness (QED) is 0.762. The first-order valence-electron chi connectivity index (χ1n) is 6.92. The van der Waals surface area contributed by atoms with Crippen LogP contribution in [0.1, 0.15) is 19.8 Å². The van der Waals surface area contributed by atoms with Crippen LogP contribution in [0.2, 0.25) is 0 Å². The molecule has 0 radical (unpaired) electrons. The Kier molecular flexibility index (Phi) is 5.15. The Hall–Kier alpha value is -0.690.